The van der Waals surface area contributed by atoms with Crippen LogP contribution in [0.3, 0.4) is 0 Å². The highest BCUT2D eigenvalue weighted by atomic mass is 19.4. The number of rotatable bonds is 5. The number of benzene rings is 1. The summed E-state index contributed by atoms with van der Waals surface area (Å²) in [5.74, 6) is 0. The van der Waals surface area contributed by atoms with Gasteiger partial charge in [-0.3, -0.25) is 4.90 Å². The van der Waals surface area contributed by atoms with Crippen LogP contribution in [0.5, 0.6) is 0 Å². The fourth-order valence-electron chi connectivity index (χ4n) is 2.79. The van der Waals surface area contributed by atoms with E-state index in [4.69, 9.17) is 0 Å². The molecule has 4 nitrogen and oxygen atoms in total. The second-order valence-corrected chi connectivity index (χ2v) is 6.31. The van der Waals surface area contributed by atoms with Gasteiger partial charge in [0, 0.05) is 39.3 Å². The van der Waals surface area contributed by atoms with E-state index < -0.39 is 18.6 Å². The molecule has 0 unspecified atom stereocenters. The van der Waals surface area contributed by atoms with Gasteiger partial charge < -0.3 is 10.2 Å². The van der Waals surface area contributed by atoms with Crippen LogP contribution in [0.2, 0.25) is 0 Å². The van der Waals surface area contributed by atoms with Crippen molar-refractivity contribution in [3.05, 3.63) is 35.4 Å². The van der Waals surface area contributed by atoms with E-state index in [1.165, 1.54) is 18.2 Å². The molecule has 1 aromatic carbocycles. The van der Waals surface area contributed by atoms with Gasteiger partial charge >= 0.3 is 12.2 Å². The maximum Gasteiger partial charge on any atom is 0.390 e. The first-order valence-corrected chi connectivity index (χ1v) is 8.13. The average Bonchev–Trinajstić information content (AvgIpc) is 2.56. The largest absolute Gasteiger partial charge is 0.390 e. The van der Waals surface area contributed by atoms with Crippen molar-refractivity contribution in [2.75, 3.05) is 26.7 Å². The number of urea groups is 1. The number of carbonyl (C=O) groups excluding carboxylic acids is 1. The van der Waals surface area contributed by atoms with Crippen LogP contribution in [0, 0.1) is 0 Å². The van der Waals surface area contributed by atoms with E-state index in [-0.39, 0.29) is 12.6 Å². The smallest absolute Gasteiger partial charge is 0.336 e. The molecule has 1 heterocycles. The Labute approximate surface area is 140 Å². The van der Waals surface area contributed by atoms with Crippen LogP contribution in [0.1, 0.15) is 24.5 Å². The molecule has 7 heteroatoms. The standard InChI is InChI=1S/C17H24F3N3O/c1-13(11-21-16(24)22(2)10-8-17(18,19)20)23-9-7-14-5-3-4-6-15(14)12-23/h3-6,13H,7-12H2,1-2H3,(H,21,24)/t13-/m0/s1. The second kappa shape index (κ2) is 7.88. The Balaban J connectivity index is 1.77. The van der Waals surface area contributed by atoms with Crippen LogP contribution >= 0.6 is 0 Å². The molecule has 0 aromatic heterocycles. The number of nitrogens with zero attached hydrogens (tertiary/aromatic N) is 2. The number of nitrogens with one attached hydrogen (secondary N) is 1. The van der Waals surface area contributed by atoms with E-state index in [0.29, 0.717) is 6.54 Å². The molecule has 134 valence electrons. The number of carbonyl (C=O) groups is 1. The molecule has 1 aromatic rings. The third-order valence-corrected chi connectivity index (χ3v) is 4.41. The Bertz CT molecular complexity index is 562. The van der Waals surface area contributed by atoms with Gasteiger partial charge in [-0.05, 0) is 24.5 Å². The van der Waals surface area contributed by atoms with Crippen molar-refractivity contribution in [2.45, 2.75) is 38.5 Å². The van der Waals surface area contributed by atoms with Crippen LogP contribution in [0.15, 0.2) is 24.3 Å². The zero-order valence-electron chi connectivity index (χ0n) is 14.1. The molecule has 0 spiro atoms. The number of amides is 2. The SMILES string of the molecule is C[C@@H](CNC(=O)N(C)CCC(F)(F)F)N1CCc2ccccc2C1. The lowest BCUT2D eigenvalue weighted by atomic mass is 9.99. The minimum absolute atomic E-state index is 0.123. The van der Waals surface area contributed by atoms with Crippen LogP contribution in [-0.4, -0.2) is 54.7 Å². The highest BCUT2D eigenvalue weighted by molar-refractivity contribution is 5.73. The van der Waals surface area contributed by atoms with Crippen molar-refractivity contribution >= 4 is 6.03 Å². The van der Waals surface area contributed by atoms with Crippen molar-refractivity contribution in [3.8, 4) is 0 Å². The Hall–Kier alpha value is -1.76. The molecule has 2 rings (SSSR count). The summed E-state index contributed by atoms with van der Waals surface area (Å²) in [4.78, 5) is 15.2. The molecular formula is C17H24F3N3O. The fourth-order valence-corrected chi connectivity index (χ4v) is 2.79. The number of hydrogen-bond acceptors (Lipinski definition) is 2. The molecule has 0 radical (unpaired) electrons. The molecule has 0 fully saturated rings. The van der Waals surface area contributed by atoms with E-state index in [1.807, 2.05) is 19.1 Å². The lowest BCUT2D eigenvalue weighted by Crippen LogP contribution is -2.47. The monoisotopic (exact) mass is 343 g/mol. The molecule has 24 heavy (non-hydrogen) atoms. The molecule has 1 aliphatic rings. The van der Waals surface area contributed by atoms with Crippen LogP contribution < -0.4 is 5.32 Å². The lowest BCUT2D eigenvalue weighted by Gasteiger charge is -2.34. The van der Waals surface area contributed by atoms with Gasteiger partial charge in [0.25, 0.3) is 0 Å². The van der Waals surface area contributed by atoms with Gasteiger partial charge in [-0.1, -0.05) is 24.3 Å². The molecule has 0 aliphatic carbocycles. The van der Waals surface area contributed by atoms with Crippen LogP contribution in [-0.2, 0) is 13.0 Å². The van der Waals surface area contributed by atoms with E-state index in [2.05, 4.69) is 22.3 Å². The number of halogens is 3. The van der Waals surface area contributed by atoms with Gasteiger partial charge in [-0.2, -0.15) is 13.2 Å². The van der Waals surface area contributed by atoms with Gasteiger partial charge in [0.05, 0.1) is 6.42 Å². The fraction of sp³-hybridized carbons (Fsp3) is 0.588. The Kier molecular flexibility index (Phi) is 6.10. The van der Waals surface area contributed by atoms with Crippen molar-refractivity contribution < 1.29 is 18.0 Å². The van der Waals surface area contributed by atoms with Crippen LogP contribution in [0.4, 0.5) is 18.0 Å². The quantitative estimate of drug-likeness (QED) is 0.892. The molecule has 2 amide bonds. The molecule has 0 saturated carbocycles. The summed E-state index contributed by atoms with van der Waals surface area (Å²) in [6.07, 6.45) is -4.27. The van der Waals surface area contributed by atoms with E-state index in [0.717, 1.165) is 24.4 Å². The lowest BCUT2D eigenvalue weighted by molar-refractivity contribution is -0.136. The molecule has 1 atom stereocenters. The molecule has 1 N–H and O–H groups in total. The number of alkyl halides is 3. The summed E-state index contributed by atoms with van der Waals surface area (Å²) in [5, 5.41) is 2.72. The summed E-state index contributed by atoms with van der Waals surface area (Å²) in [6, 6.07) is 7.95. The second-order valence-electron chi connectivity index (χ2n) is 6.31. The first kappa shape index (κ1) is 18.6. The minimum atomic E-state index is -4.25. The van der Waals surface area contributed by atoms with E-state index in [9.17, 15) is 18.0 Å². The van der Waals surface area contributed by atoms with Gasteiger partial charge in [0.15, 0.2) is 0 Å². The first-order chi connectivity index (χ1) is 11.3. The first-order valence-electron chi connectivity index (χ1n) is 8.13. The van der Waals surface area contributed by atoms with Crippen molar-refractivity contribution in [3.63, 3.8) is 0 Å². The Morgan fingerprint density at radius 2 is 2.00 bits per heavy atom. The normalized spacial score (nSPS) is 16.4. The van der Waals surface area contributed by atoms with E-state index >= 15 is 0 Å². The molecule has 0 bridgehead atoms. The maximum atomic E-state index is 12.2. The molecular weight excluding hydrogens is 319 g/mol. The summed E-state index contributed by atoms with van der Waals surface area (Å²) < 4.78 is 36.6. The highest BCUT2D eigenvalue weighted by Gasteiger charge is 2.28. The summed E-state index contributed by atoms with van der Waals surface area (Å²) in [6.45, 7) is 3.84. The highest BCUT2D eigenvalue weighted by Crippen LogP contribution is 2.20. The average molecular weight is 343 g/mol. The summed E-state index contributed by atoms with van der Waals surface area (Å²) in [7, 11) is 1.38. The van der Waals surface area contributed by atoms with Gasteiger partial charge in [0.2, 0.25) is 0 Å². The molecule has 1 aliphatic heterocycles. The van der Waals surface area contributed by atoms with E-state index in [1.54, 1.807) is 0 Å². The topological polar surface area (TPSA) is 35.6 Å². The van der Waals surface area contributed by atoms with Gasteiger partial charge in [-0.15, -0.1) is 0 Å². The van der Waals surface area contributed by atoms with Crippen molar-refractivity contribution in [1.82, 2.24) is 15.1 Å². The molecule has 0 saturated heterocycles. The Morgan fingerprint density at radius 3 is 2.67 bits per heavy atom. The Morgan fingerprint density at radius 1 is 1.33 bits per heavy atom. The van der Waals surface area contributed by atoms with Gasteiger partial charge in [-0.25, -0.2) is 4.79 Å². The zero-order chi connectivity index (χ0) is 17.7. The number of fused-ring (bicyclic) bond motifs is 1. The predicted octanol–water partition coefficient (Wildman–Crippen LogP) is 3.03. The summed E-state index contributed by atoms with van der Waals surface area (Å²) in [5.41, 5.74) is 2.65. The van der Waals surface area contributed by atoms with Gasteiger partial charge in [0.1, 0.15) is 0 Å². The summed E-state index contributed by atoms with van der Waals surface area (Å²) >= 11 is 0. The third-order valence-electron chi connectivity index (χ3n) is 4.41. The van der Waals surface area contributed by atoms with Crippen molar-refractivity contribution in [1.29, 1.82) is 0 Å². The third kappa shape index (κ3) is 5.40. The minimum Gasteiger partial charge on any atom is -0.336 e. The number of hydrogen-bond donors (Lipinski definition) is 1. The van der Waals surface area contributed by atoms with Crippen molar-refractivity contribution in [2.24, 2.45) is 0 Å². The predicted molar refractivity (Wildman–Crippen MR) is 86.7 cm³/mol. The van der Waals surface area contributed by atoms with Crippen LogP contribution in [0.25, 0.3) is 0 Å². The zero-order valence-corrected chi connectivity index (χ0v) is 14.1. The maximum absolute atomic E-state index is 12.2.